The standard InChI is InChI=1S/C15H18ClNO4/c1-9-3-4-12(16)13(5-9)21-8-14(18)17-6-10(2)11(7-17)15(19)20/h3-5,10-11H,6-8H2,1-2H3,(H,19,20). The van der Waals surface area contributed by atoms with Crippen molar-refractivity contribution in [3.8, 4) is 5.75 Å². The first kappa shape index (κ1) is 15.6. The summed E-state index contributed by atoms with van der Waals surface area (Å²) in [4.78, 5) is 24.7. The van der Waals surface area contributed by atoms with E-state index in [1.807, 2.05) is 19.9 Å². The van der Waals surface area contributed by atoms with Crippen molar-refractivity contribution in [2.24, 2.45) is 11.8 Å². The van der Waals surface area contributed by atoms with Gasteiger partial charge in [-0.3, -0.25) is 9.59 Å². The minimum Gasteiger partial charge on any atom is -0.482 e. The number of halogens is 1. The number of benzene rings is 1. The molecule has 2 unspecified atom stereocenters. The Morgan fingerprint density at radius 1 is 1.43 bits per heavy atom. The van der Waals surface area contributed by atoms with E-state index >= 15 is 0 Å². The molecule has 21 heavy (non-hydrogen) atoms. The van der Waals surface area contributed by atoms with E-state index in [0.29, 0.717) is 17.3 Å². The van der Waals surface area contributed by atoms with Gasteiger partial charge in [-0.15, -0.1) is 0 Å². The van der Waals surface area contributed by atoms with Crippen LogP contribution in [0.1, 0.15) is 12.5 Å². The Balaban J connectivity index is 1.94. The van der Waals surface area contributed by atoms with Crippen LogP contribution in [0.4, 0.5) is 0 Å². The maximum Gasteiger partial charge on any atom is 0.308 e. The maximum absolute atomic E-state index is 12.1. The number of amides is 1. The van der Waals surface area contributed by atoms with E-state index in [9.17, 15) is 9.59 Å². The predicted molar refractivity (Wildman–Crippen MR) is 78.6 cm³/mol. The van der Waals surface area contributed by atoms with Crippen molar-refractivity contribution < 1.29 is 19.4 Å². The van der Waals surface area contributed by atoms with Gasteiger partial charge >= 0.3 is 5.97 Å². The number of aryl methyl sites for hydroxylation is 1. The second-order valence-corrected chi connectivity index (χ2v) is 5.85. The van der Waals surface area contributed by atoms with Crippen molar-refractivity contribution in [2.75, 3.05) is 19.7 Å². The molecule has 0 saturated carbocycles. The van der Waals surface area contributed by atoms with Gasteiger partial charge in [-0.05, 0) is 30.5 Å². The number of carbonyl (C=O) groups excluding carboxylic acids is 1. The number of likely N-dealkylation sites (tertiary alicyclic amines) is 1. The van der Waals surface area contributed by atoms with Crippen molar-refractivity contribution in [3.63, 3.8) is 0 Å². The first-order valence-corrected chi connectivity index (χ1v) is 7.16. The molecule has 1 aliphatic rings. The lowest BCUT2D eigenvalue weighted by Crippen LogP contribution is -2.33. The summed E-state index contributed by atoms with van der Waals surface area (Å²) in [6, 6.07) is 5.34. The first-order valence-electron chi connectivity index (χ1n) is 6.78. The quantitative estimate of drug-likeness (QED) is 0.925. The lowest BCUT2D eigenvalue weighted by atomic mass is 9.99. The van der Waals surface area contributed by atoms with Gasteiger partial charge in [0.25, 0.3) is 5.91 Å². The summed E-state index contributed by atoms with van der Waals surface area (Å²) in [6.45, 7) is 4.29. The smallest absolute Gasteiger partial charge is 0.308 e. The monoisotopic (exact) mass is 311 g/mol. The zero-order valence-corrected chi connectivity index (χ0v) is 12.8. The zero-order valence-electron chi connectivity index (χ0n) is 12.0. The van der Waals surface area contributed by atoms with Crippen LogP contribution in [0.5, 0.6) is 5.75 Å². The van der Waals surface area contributed by atoms with Gasteiger partial charge in [0.15, 0.2) is 6.61 Å². The Hall–Kier alpha value is -1.75. The third-order valence-corrected chi connectivity index (χ3v) is 4.03. The third kappa shape index (κ3) is 3.67. The highest BCUT2D eigenvalue weighted by Gasteiger charge is 2.36. The largest absolute Gasteiger partial charge is 0.482 e. The molecule has 2 rings (SSSR count). The second kappa shape index (κ2) is 6.35. The molecule has 1 aliphatic heterocycles. The molecule has 1 aromatic rings. The van der Waals surface area contributed by atoms with Crippen molar-refractivity contribution in [3.05, 3.63) is 28.8 Å². The molecule has 1 heterocycles. The Kier molecular flexibility index (Phi) is 4.73. The Labute approximate surface area is 128 Å². The highest BCUT2D eigenvalue weighted by atomic mass is 35.5. The lowest BCUT2D eigenvalue weighted by Gasteiger charge is -2.16. The van der Waals surface area contributed by atoms with Crippen LogP contribution in [0.25, 0.3) is 0 Å². The highest BCUT2D eigenvalue weighted by Crippen LogP contribution is 2.26. The molecule has 0 aromatic heterocycles. The molecule has 0 spiro atoms. The molecule has 1 saturated heterocycles. The van der Waals surface area contributed by atoms with Gasteiger partial charge in [-0.25, -0.2) is 0 Å². The van der Waals surface area contributed by atoms with Gasteiger partial charge in [0, 0.05) is 13.1 Å². The zero-order chi connectivity index (χ0) is 15.6. The fraction of sp³-hybridized carbons (Fsp3) is 0.467. The Morgan fingerprint density at radius 2 is 2.14 bits per heavy atom. The van der Waals surface area contributed by atoms with Crippen LogP contribution in [0.2, 0.25) is 5.02 Å². The fourth-order valence-electron chi connectivity index (χ4n) is 2.44. The lowest BCUT2D eigenvalue weighted by molar-refractivity contribution is -0.142. The number of hydrogen-bond acceptors (Lipinski definition) is 3. The van der Waals surface area contributed by atoms with Crippen LogP contribution in [0, 0.1) is 18.8 Å². The van der Waals surface area contributed by atoms with Gasteiger partial charge in [0.2, 0.25) is 0 Å². The van der Waals surface area contributed by atoms with E-state index in [4.69, 9.17) is 21.4 Å². The number of aliphatic carboxylic acids is 1. The number of hydrogen-bond donors (Lipinski definition) is 1. The molecule has 0 radical (unpaired) electrons. The molecule has 114 valence electrons. The number of rotatable bonds is 4. The van der Waals surface area contributed by atoms with Gasteiger partial charge in [0.1, 0.15) is 5.75 Å². The van der Waals surface area contributed by atoms with E-state index < -0.39 is 11.9 Å². The molecule has 1 aromatic carbocycles. The molecular formula is C15H18ClNO4. The number of carboxylic acids is 1. The van der Waals surface area contributed by atoms with Crippen molar-refractivity contribution >= 4 is 23.5 Å². The second-order valence-electron chi connectivity index (χ2n) is 5.44. The van der Waals surface area contributed by atoms with Gasteiger partial charge in [-0.1, -0.05) is 24.6 Å². The molecule has 0 bridgehead atoms. The molecule has 6 heteroatoms. The van der Waals surface area contributed by atoms with Crippen LogP contribution in [-0.4, -0.2) is 41.6 Å². The van der Waals surface area contributed by atoms with Crippen LogP contribution in [-0.2, 0) is 9.59 Å². The van der Waals surface area contributed by atoms with Crippen molar-refractivity contribution in [1.82, 2.24) is 4.90 Å². The van der Waals surface area contributed by atoms with E-state index in [0.717, 1.165) is 5.56 Å². The average Bonchev–Trinajstić information content (AvgIpc) is 2.82. The highest BCUT2D eigenvalue weighted by molar-refractivity contribution is 6.32. The van der Waals surface area contributed by atoms with Gasteiger partial charge < -0.3 is 14.7 Å². The molecule has 1 N–H and O–H groups in total. The topological polar surface area (TPSA) is 66.8 Å². The molecule has 2 atom stereocenters. The number of carboxylic acid groups (broad SMARTS) is 1. The fourth-order valence-corrected chi connectivity index (χ4v) is 2.62. The number of carbonyl (C=O) groups is 2. The van der Waals surface area contributed by atoms with Crippen LogP contribution in [0.3, 0.4) is 0 Å². The summed E-state index contributed by atoms with van der Waals surface area (Å²) < 4.78 is 5.45. The summed E-state index contributed by atoms with van der Waals surface area (Å²) in [5.41, 5.74) is 0.989. The SMILES string of the molecule is Cc1ccc(Cl)c(OCC(=O)N2CC(C)C(C(=O)O)C2)c1. The summed E-state index contributed by atoms with van der Waals surface area (Å²) >= 11 is 6.00. The van der Waals surface area contributed by atoms with E-state index in [-0.39, 0.29) is 25.0 Å². The molecule has 5 nitrogen and oxygen atoms in total. The van der Waals surface area contributed by atoms with Gasteiger partial charge in [0.05, 0.1) is 10.9 Å². The predicted octanol–water partition coefficient (Wildman–Crippen LogP) is 2.21. The minimum atomic E-state index is -0.861. The van der Waals surface area contributed by atoms with Crippen molar-refractivity contribution in [2.45, 2.75) is 13.8 Å². The maximum atomic E-state index is 12.1. The third-order valence-electron chi connectivity index (χ3n) is 3.72. The summed E-state index contributed by atoms with van der Waals surface area (Å²) in [7, 11) is 0. The van der Waals surface area contributed by atoms with Crippen LogP contribution in [0.15, 0.2) is 18.2 Å². The summed E-state index contributed by atoms with van der Waals surface area (Å²) in [5, 5.41) is 9.52. The van der Waals surface area contributed by atoms with Crippen molar-refractivity contribution in [1.29, 1.82) is 0 Å². The average molecular weight is 312 g/mol. The molecular weight excluding hydrogens is 294 g/mol. The van der Waals surface area contributed by atoms with E-state index in [1.54, 1.807) is 12.1 Å². The number of ether oxygens (including phenoxy) is 1. The first-order chi connectivity index (χ1) is 9.88. The minimum absolute atomic E-state index is 0.0472. The molecule has 0 aliphatic carbocycles. The van der Waals surface area contributed by atoms with Crippen LogP contribution < -0.4 is 4.74 Å². The van der Waals surface area contributed by atoms with E-state index in [1.165, 1.54) is 4.90 Å². The Bertz CT molecular complexity index is 561. The van der Waals surface area contributed by atoms with E-state index in [2.05, 4.69) is 0 Å². The molecule has 1 fully saturated rings. The van der Waals surface area contributed by atoms with Crippen LogP contribution >= 0.6 is 11.6 Å². The summed E-state index contributed by atoms with van der Waals surface area (Å²) in [5.74, 6) is -1.17. The number of nitrogens with zero attached hydrogens (tertiary/aromatic N) is 1. The Morgan fingerprint density at radius 3 is 2.76 bits per heavy atom. The summed E-state index contributed by atoms with van der Waals surface area (Å²) in [6.07, 6.45) is 0. The molecule has 1 amide bonds. The van der Waals surface area contributed by atoms with Gasteiger partial charge in [-0.2, -0.15) is 0 Å². The normalized spacial score (nSPS) is 21.4.